The molecule has 2 aromatic carbocycles. The molecule has 4 aromatic rings. The highest BCUT2D eigenvalue weighted by Crippen LogP contribution is 2.33. The molecule has 0 spiro atoms. The van der Waals surface area contributed by atoms with E-state index in [2.05, 4.69) is 10.1 Å². The van der Waals surface area contributed by atoms with E-state index in [4.69, 9.17) is 18.4 Å². The maximum atomic E-state index is 10.9. The fraction of sp³-hybridized carbons (Fsp3) is 0.190. The third-order valence-corrected chi connectivity index (χ3v) is 4.13. The monoisotopic (exact) mass is 378 g/mol. The molecule has 0 atom stereocenters. The van der Waals surface area contributed by atoms with Crippen LogP contribution < -0.4 is 9.47 Å². The van der Waals surface area contributed by atoms with Crippen LogP contribution in [-0.2, 0) is 0 Å². The minimum Gasteiger partial charge on any atom is -0.490 e. The van der Waals surface area contributed by atoms with Gasteiger partial charge in [-0.1, -0.05) is 5.16 Å². The summed E-state index contributed by atoms with van der Waals surface area (Å²) >= 11 is 0. The van der Waals surface area contributed by atoms with Gasteiger partial charge < -0.3 is 18.4 Å². The summed E-state index contributed by atoms with van der Waals surface area (Å²) in [4.78, 5) is 15.4. The van der Waals surface area contributed by atoms with E-state index in [9.17, 15) is 4.79 Å². The van der Waals surface area contributed by atoms with Crippen molar-refractivity contribution in [2.24, 2.45) is 0 Å². The Morgan fingerprint density at radius 2 is 1.75 bits per heavy atom. The number of fused-ring (bicyclic) bond motifs is 1. The van der Waals surface area contributed by atoms with Crippen LogP contribution in [-0.4, -0.2) is 29.6 Å². The molecule has 4 rings (SSSR count). The van der Waals surface area contributed by atoms with E-state index >= 15 is 0 Å². The summed E-state index contributed by atoms with van der Waals surface area (Å²) in [5, 5.41) is 4.87. The van der Waals surface area contributed by atoms with Gasteiger partial charge in [0.25, 0.3) is 5.89 Å². The van der Waals surface area contributed by atoms with Crippen molar-refractivity contribution in [3.8, 4) is 34.3 Å². The molecular weight excluding hydrogens is 360 g/mol. The zero-order valence-corrected chi connectivity index (χ0v) is 15.5. The molecule has 7 heteroatoms. The number of benzene rings is 2. The summed E-state index contributed by atoms with van der Waals surface area (Å²) in [5.41, 5.74) is 2.12. The van der Waals surface area contributed by atoms with Crippen LogP contribution in [0.15, 0.2) is 51.4 Å². The number of nitrogens with zero attached hydrogens (tertiary/aromatic N) is 2. The van der Waals surface area contributed by atoms with Gasteiger partial charge in [0.15, 0.2) is 23.5 Å². The molecule has 7 nitrogen and oxygen atoms in total. The summed E-state index contributed by atoms with van der Waals surface area (Å²) in [6, 6.07) is 12.6. The van der Waals surface area contributed by atoms with Crippen LogP contribution in [0.5, 0.6) is 11.5 Å². The molecular formula is C21H18N2O5. The predicted molar refractivity (Wildman–Crippen MR) is 103 cm³/mol. The van der Waals surface area contributed by atoms with Gasteiger partial charge in [0.05, 0.1) is 13.2 Å². The number of carbonyl (C=O) groups excluding carboxylic acids is 1. The third kappa shape index (κ3) is 3.34. The summed E-state index contributed by atoms with van der Waals surface area (Å²) in [7, 11) is 0. The fourth-order valence-electron chi connectivity index (χ4n) is 2.90. The van der Waals surface area contributed by atoms with Gasteiger partial charge in [0.1, 0.15) is 5.58 Å². The van der Waals surface area contributed by atoms with Gasteiger partial charge in [-0.25, -0.2) is 0 Å². The number of aromatic nitrogens is 2. The zero-order valence-electron chi connectivity index (χ0n) is 15.5. The Balaban J connectivity index is 1.67. The van der Waals surface area contributed by atoms with Gasteiger partial charge >= 0.3 is 0 Å². The number of ether oxygens (including phenoxy) is 2. The van der Waals surface area contributed by atoms with E-state index in [1.165, 1.54) is 0 Å². The van der Waals surface area contributed by atoms with Crippen molar-refractivity contribution in [1.29, 1.82) is 0 Å². The maximum Gasteiger partial charge on any atom is 0.258 e. The SMILES string of the molecule is CCOc1ccc(-c2nc(-c3ccc4oc(C=O)cc4c3)no2)cc1OCC. The summed E-state index contributed by atoms with van der Waals surface area (Å²) in [6.45, 7) is 4.90. The maximum absolute atomic E-state index is 10.9. The van der Waals surface area contributed by atoms with Crippen LogP contribution >= 0.6 is 0 Å². The molecule has 28 heavy (non-hydrogen) atoms. The van der Waals surface area contributed by atoms with Crippen LogP contribution in [0.1, 0.15) is 24.4 Å². The minimum atomic E-state index is 0.277. The quantitative estimate of drug-likeness (QED) is 0.428. The molecule has 0 amide bonds. The second kappa shape index (κ2) is 7.56. The zero-order chi connectivity index (χ0) is 19.5. The second-order valence-electron chi connectivity index (χ2n) is 5.97. The van der Waals surface area contributed by atoms with E-state index in [1.807, 2.05) is 44.2 Å². The molecule has 0 saturated carbocycles. The van der Waals surface area contributed by atoms with E-state index in [-0.39, 0.29) is 5.76 Å². The summed E-state index contributed by atoms with van der Waals surface area (Å²) in [6.07, 6.45) is 0.675. The molecule has 0 unspecified atom stereocenters. The Hall–Kier alpha value is -3.61. The van der Waals surface area contributed by atoms with Crippen molar-refractivity contribution in [3.05, 3.63) is 48.2 Å². The number of rotatable bonds is 7. The van der Waals surface area contributed by atoms with Crippen LogP contribution in [0.25, 0.3) is 33.8 Å². The molecule has 0 fully saturated rings. The van der Waals surface area contributed by atoms with Gasteiger partial charge in [-0.2, -0.15) is 4.98 Å². The number of hydrogen-bond donors (Lipinski definition) is 0. The van der Waals surface area contributed by atoms with E-state index in [0.717, 1.165) is 16.5 Å². The summed E-state index contributed by atoms with van der Waals surface area (Å²) < 4.78 is 22.1. The lowest BCUT2D eigenvalue weighted by Gasteiger charge is -2.11. The predicted octanol–water partition coefficient (Wildman–Crippen LogP) is 4.76. The van der Waals surface area contributed by atoms with Crippen molar-refractivity contribution in [1.82, 2.24) is 10.1 Å². The van der Waals surface area contributed by atoms with Crippen molar-refractivity contribution in [3.63, 3.8) is 0 Å². The molecule has 0 aliphatic carbocycles. The van der Waals surface area contributed by atoms with Gasteiger partial charge in [0, 0.05) is 16.5 Å². The van der Waals surface area contributed by atoms with Crippen LogP contribution in [0.4, 0.5) is 0 Å². The molecule has 2 heterocycles. The molecule has 2 aromatic heterocycles. The van der Waals surface area contributed by atoms with E-state index in [1.54, 1.807) is 12.1 Å². The number of aldehydes is 1. The third-order valence-electron chi connectivity index (χ3n) is 4.13. The molecule has 142 valence electrons. The Bertz CT molecular complexity index is 1130. The van der Waals surface area contributed by atoms with E-state index < -0.39 is 0 Å². The standard InChI is InChI=1S/C21H18N2O5/c1-3-25-18-8-6-14(11-19(18)26-4-2)21-22-20(23-28-21)13-5-7-17-15(9-13)10-16(12-24)27-17/h5-12H,3-4H2,1-2H3. The lowest BCUT2D eigenvalue weighted by molar-refractivity contribution is 0.110. The molecule has 0 saturated heterocycles. The lowest BCUT2D eigenvalue weighted by atomic mass is 10.1. The van der Waals surface area contributed by atoms with Gasteiger partial charge in [0.2, 0.25) is 5.82 Å². The number of hydrogen-bond acceptors (Lipinski definition) is 7. The normalized spacial score (nSPS) is 10.9. The first-order valence-electron chi connectivity index (χ1n) is 8.94. The lowest BCUT2D eigenvalue weighted by Crippen LogP contribution is -1.98. The van der Waals surface area contributed by atoms with Crippen molar-refractivity contribution in [2.75, 3.05) is 13.2 Å². The average Bonchev–Trinajstić information content (AvgIpc) is 3.36. The number of furan rings is 1. The first-order chi connectivity index (χ1) is 13.7. The topological polar surface area (TPSA) is 87.6 Å². The highest BCUT2D eigenvalue weighted by molar-refractivity contribution is 5.87. The molecule has 0 radical (unpaired) electrons. The number of carbonyl (C=O) groups is 1. The Morgan fingerprint density at radius 1 is 0.964 bits per heavy atom. The fourth-order valence-corrected chi connectivity index (χ4v) is 2.90. The highest BCUT2D eigenvalue weighted by Gasteiger charge is 2.15. The van der Waals surface area contributed by atoms with Crippen molar-refractivity contribution in [2.45, 2.75) is 13.8 Å². The smallest absolute Gasteiger partial charge is 0.258 e. The molecule has 0 bridgehead atoms. The Kier molecular flexibility index (Phi) is 4.80. The average molecular weight is 378 g/mol. The van der Waals surface area contributed by atoms with Gasteiger partial charge in [-0.15, -0.1) is 0 Å². The Morgan fingerprint density at radius 3 is 2.54 bits per heavy atom. The molecule has 0 aliphatic heterocycles. The molecule has 0 N–H and O–H groups in total. The van der Waals surface area contributed by atoms with Crippen molar-refractivity contribution >= 4 is 17.3 Å². The van der Waals surface area contributed by atoms with Crippen LogP contribution in [0, 0.1) is 0 Å². The van der Waals surface area contributed by atoms with Gasteiger partial charge in [-0.3, -0.25) is 4.79 Å². The van der Waals surface area contributed by atoms with E-state index in [0.29, 0.717) is 48.3 Å². The van der Waals surface area contributed by atoms with Crippen LogP contribution in [0.2, 0.25) is 0 Å². The second-order valence-corrected chi connectivity index (χ2v) is 5.97. The first kappa shape index (κ1) is 17.8. The Labute approximate surface area is 160 Å². The van der Waals surface area contributed by atoms with Gasteiger partial charge in [-0.05, 0) is 56.3 Å². The largest absolute Gasteiger partial charge is 0.490 e. The van der Waals surface area contributed by atoms with Crippen LogP contribution in [0.3, 0.4) is 0 Å². The minimum absolute atomic E-state index is 0.277. The van der Waals surface area contributed by atoms with Crippen molar-refractivity contribution < 1.29 is 23.2 Å². The highest BCUT2D eigenvalue weighted by atomic mass is 16.5. The molecule has 0 aliphatic rings. The summed E-state index contributed by atoms with van der Waals surface area (Å²) in [5.74, 6) is 2.39. The first-order valence-corrected chi connectivity index (χ1v) is 8.94.